The molecule has 0 spiro atoms. The van der Waals surface area contributed by atoms with E-state index in [2.05, 4.69) is 6.92 Å². The molecule has 3 aromatic carbocycles. The molecule has 3 rings (SSSR count). The molecule has 3 aromatic rings. The monoisotopic (exact) mass is 546 g/mol. The molecule has 9 nitrogen and oxygen atoms in total. The van der Waals surface area contributed by atoms with Gasteiger partial charge in [0.2, 0.25) is 0 Å². The molecule has 0 bridgehead atoms. The number of benzene rings is 3. The van der Waals surface area contributed by atoms with E-state index < -0.39 is 17.9 Å². The lowest BCUT2D eigenvalue weighted by Gasteiger charge is -2.08. The Bertz CT molecular complexity index is 1280. The highest BCUT2D eigenvalue weighted by Crippen LogP contribution is 2.19. The molecule has 40 heavy (non-hydrogen) atoms. The number of carbonyl (C=O) groups is 3. The van der Waals surface area contributed by atoms with Crippen molar-refractivity contribution in [1.82, 2.24) is 0 Å². The molecule has 0 atom stereocenters. The molecule has 0 aliphatic heterocycles. The molecule has 4 N–H and O–H groups in total. The van der Waals surface area contributed by atoms with E-state index in [1.165, 1.54) is 18.2 Å². The maximum absolute atomic E-state index is 12.3. The van der Waals surface area contributed by atoms with E-state index in [9.17, 15) is 14.4 Å². The van der Waals surface area contributed by atoms with Crippen LogP contribution in [0.25, 0.3) is 6.08 Å². The van der Waals surface area contributed by atoms with Gasteiger partial charge >= 0.3 is 17.9 Å². The van der Waals surface area contributed by atoms with Crippen LogP contribution in [0.2, 0.25) is 0 Å². The smallest absolute Gasteiger partial charge is 0.338 e. The Morgan fingerprint density at radius 1 is 0.700 bits per heavy atom. The molecule has 0 amide bonds. The molecule has 0 unspecified atom stereocenters. The topological polar surface area (TPSA) is 140 Å². The summed E-state index contributed by atoms with van der Waals surface area (Å²) in [6.07, 6.45) is 6.48. The van der Waals surface area contributed by atoms with Crippen LogP contribution in [0.1, 0.15) is 58.9 Å². The van der Waals surface area contributed by atoms with Gasteiger partial charge in [-0.05, 0) is 72.7 Å². The summed E-state index contributed by atoms with van der Waals surface area (Å²) in [6.45, 7) is 2.94. The molecule has 9 heteroatoms. The quantitative estimate of drug-likeness (QED) is 0.0888. The molecule has 0 aliphatic carbocycles. The highest BCUT2D eigenvalue weighted by atomic mass is 16.5. The molecular weight excluding hydrogens is 512 g/mol. The number of carbonyl (C=O) groups excluding carboxylic acids is 3. The lowest BCUT2D eigenvalue weighted by Crippen LogP contribution is -2.11. The Kier molecular flexibility index (Phi) is 11.6. The Balaban J connectivity index is 1.36. The molecule has 0 aromatic heterocycles. The summed E-state index contributed by atoms with van der Waals surface area (Å²) < 4.78 is 21.4. The number of hydrogen-bond acceptors (Lipinski definition) is 9. The van der Waals surface area contributed by atoms with Crippen molar-refractivity contribution in [1.29, 1.82) is 0 Å². The summed E-state index contributed by atoms with van der Waals surface area (Å²) in [5.41, 5.74) is 13.4. The molecule has 0 aliphatic rings. The van der Waals surface area contributed by atoms with Gasteiger partial charge in [-0.15, -0.1) is 0 Å². The number of hydrogen-bond donors (Lipinski definition) is 2. The van der Waals surface area contributed by atoms with Crippen LogP contribution in [0.3, 0.4) is 0 Å². The number of rotatable bonds is 14. The number of nitrogens with two attached hydrogens (primary N) is 2. The second-order valence-electron chi connectivity index (χ2n) is 8.92. The van der Waals surface area contributed by atoms with Crippen molar-refractivity contribution in [3.63, 3.8) is 0 Å². The van der Waals surface area contributed by atoms with Gasteiger partial charge in [-0.1, -0.05) is 31.9 Å². The second kappa shape index (κ2) is 15.6. The van der Waals surface area contributed by atoms with Crippen molar-refractivity contribution in [3.05, 3.63) is 89.5 Å². The molecular formula is C31H34N2O7. The number of anilines is 2. The Labute approximate surface area is 233 Å². The fourth-order valence-electron chi connectivity index (χ4n) is 3.54. The first-order valence-corrected chi connectivity index (χ1v) is 13.1. The molecule has 0 saturated heterocycles. The highest BCUT2D eigenvalue weighted by Gasteiger charge is 2.10. The summed E-state index contributed by atoms with van der Waals surface area (Å²) in [7, 11) is 0. The zero-order chi connectivity index (χ0) is 28.7. The van der Waals surface area contributed by atoms with Gasteiger partial charge in [0, 0.05) is 23.9 Å². The van der Waals surface area contributed by atoms with Gasteiger partial charge < -0.3 is 30.4 Å². The van der Waals surface area contributed by atoms with Crippen LogP contribution in [0.4, 0.5) is 11.4 Å². The van der Waals surface area contributed by atoms with Crippen LogP contribution in [-0.4, -0.2) is 37.7 Å². The summed E-state index contributed by atoms with van der Waals surface area (Å²) in [4.78, 5) is 36.5. The minimum absolute atomic E-state index is 0.0671. The molecule has 210 valence electrons. The summed E-state index contributed by atoms with van der Waals surface area (Å²) in [6, 6.07) is 17.9. The van der Waals surface area contributed by atoms with E-state index in [0.717, 1.165) is 25.0 Å². The first-order chi connectivity index (χ1) is 19.3. The van der Waals surface area contributed by atoms with E-state index in [-0.39, 0.29) is 18.8 Å². The SMILES string of the molecule is CCCCCOc1ccc(OC(=O)C=Cc2ccc(C(=O)OCCCOC(=O)c3cc(N)cc(N)c3)cc2)cc1. The van der Waals surface area contributed by atoms with Gasteiger partial charge in [0.15, 0.2) is 0 Å². The lowest BCUT2D eigenvalue weighted by atomic mass is 10.1. The van der Waals surface area contributed by atoms with Crippen LogP contribution < -0.4 is 20.9 Å². The zero-order valence-electron chi connectivity index (χ0n) is 22.5. The molecule has 0 fully saturated rings. The van der Waals surface area contributed by atoms with Crippen molar-refractivity contribution in [2.24, 2.45) is 0 Å². The number of unbranched alkanes of at least 4 members (excludes halogenated alkanes) is 2. The van der Waals surface area contributed by atoms with Crippen molar-refractivity contribution in [2.45, 2.75) is 32.6 Å². The molecule has 0 saturated carbocycles. The number of nitrogen functional groups attached to an aromatic ring is 2. The van der Waals surface area contributed by atoms with Crippen molar-refractivity contribution >= 4 is 35.4 Å². The summed E-state index contributed by atoms with van der Waals surface area (Å²) in [5, 5.41) is 0. The maximum Gasteiger partial charge on any atom is 0.338 e. The normalized spacial score (nSPS) is 10.7. The Morgan fingerprint density at radius 2 is 1.30 bits per heavy atom. The van der Waals surface area contributed by atoms with E-state index >= 15 is 0 Å². The average Bonchev–Trinajstić information content (AvgIpc) is 2.94. The zero-order valence-corrected chi connectivity index (χ0v) is 22.5. The Hall–Kier alpha value is -4.79. The van der Waals surface area contributed by atoms with Crippen LogP contribution in [0.5, 0.6) is 11.5 Å². The predicted octanol–water partition coefficient (Wildman–Crippen LogP) is 5.44. The van der Waals surface area contributed by atoms with Crippen molar-refractivity contribution in [2.75, 3.05) is 31.3 Å². The number of esters is 3. The van der Waals surface area contributed by atoms with Gasteiger partial charge in [0.25, 0.3) is 0 Å². The fourth-order valence-corrected chi connectivity index (χ4v) is 3.54. The largest absolute Gasteiger partial charge is 0.494 e. The van der Waals surface area contributed by atoms with Gasteiger partial charge in [0.05, 0.1) is 30.9 Å². The van der Waals surface area contributed by atoms with Crippen LogP contribution in [0, 0.1) is 0 Å². The van der Waals surface area contributed by atoms with Gasteiger partial charge in [-0.25, -0.2) is 14.4 Å². The maximum atomic E-state index is 12.3. The minimum atomic E-state index is -0.557. The summed E-state index contributed by atoms with van der Waals surface area (Å²) >= 11 is 0. The van der Waals surface area contributed by atoms with Crippen LogP contribution >= 0.6 is 0 Å². The first-order valence-electron chi connectivity index (χ1n) is 13.1. The highest BCUT2D eigenvalue weighted by molar-refractivity contribution is 5.92. The third-order valence-electron chi connectivity index (χ3n) is 5.59. The molecule has 0 heterocycles. The third kappa shape index (κ3) is 10.2. The minimum Gasteiger partial charge on any atom is -0.494 e. The Morgan fingerprint density at radius 3 is 1.93 bits per heavy atom. The average molecular weight is 547 g/mol. The standard InChI is InChI=1S/C31H34N2O7/c1-2-3-4-16-37-27-11-13-28(14-12-27)40-29(34)15-8-22-6-9-23(10-7-22)30(35)38-17-5-18-39-31(36)24-19-25(32)21-26(33)20-24/h6-15,19-21H,2-5,16-18,32-33H2,1H3. The second-order valence-corrected chi connectivity index (χ2v) is 8.92. The lowest BCUT2D eigenvalue weighted by molar-refractivity contribution is -0.128. The predicted molar refractivity (Wildman–Crippen MR) is 153 cm³/mol. The molecule has 0 radical (unpaired) electrons. The van der Waals surface area contributed by atoms with Gasteiger partial charge in [-0.3, -0.25) is 0 Å². The van der Waals surface area contributed by atoms with E-state index in [1.807, 2.05) is 0 Å². The van der Waals surface area contributed by atoms with E-state index in [4.69, 9.17) is 30.4 Å². The fraction of sp³-hybridized carbons (Fsp3) is 0.258. The van der Waals surface area contributed by atoms with E-state index in [0.29, 0.717) is 41.3 Å². The van der Waals surface area contributed by atoms with Crippen molar-refractivity contribution < 1.29 is 33.3 Å². The van der Waals surface area contributed by atoms with Gasteiger partial charge in [0.1, 0.15) is 11.5 Å². The van der Waals surface area contributed by atoms with Crippen LogP contribution in [0.15, 0.2) is 72.8 Å². The van der Waals surface area contributed by atoms with E-state index in [1.54, 1.807) is 60.7 Å². The van der Waals surface area contributed by atoms with Crippen molar-refractivity contribution in [3.8, 4) is 11.5 Å². The summed E-state index contributed by atoms with van der Waals surface area (Å²) in [5.74, 6) is -0.451. The van der Waals surface area contributed by atoms with Crippen LogP contribution in [-0.2, 0) is 14.3 Å². The first kappa shape index (κ1) is 29.8. The third-order valence-corrected chi connectivity index (χ3v) is 5.59. The van der Waals surface area contributed by atoms with Gasteiger partial charge in [-0.2, -0.15) is 0 Å². The number of ether oxygens (including phenoxy) is 4.